The highest BCUT2D eigenvalue weighted by molar-refractivity contribution is 5.68. The summed E-state index contributed by atoms with van der Waals surface area (Å²) in [6, 6.07) is 0. The molecule has 2 fully saturated rings. The molecule has 0 aliphatic carbocycles. The van der Waals surface area contributed by atoms with Crippen LogP contribution >= 0.6 is 0 Å². The van der Waals surface area contributed by atoms with Gasteiger partial charge in [-0.1, -0.05) is 0 Å². The number of carbonyl (C=O) groups excluding carboxylic acids is 1. The average molecular weight is 311 g/mol. The first kappa shape index (κ1) is 17.5. The summed E-state index contributed by atoms with van der Waals surface area (Å²) in [6.07, 6.45) is 4.75. The first-order valence-electron chi connectivity index (χ1n) is 8.83. The van der Waals surface area contributed by atoms with Crippen LogP contribution in [0.25, 0.3) is 0 Å². The van der Waals surface area contributed by atoms with Gasteiger partial charge in [-0.2, -0.15) is 0 Å². The molecule has 5 nitrogen and oxygen atoms in total. The molecule has 2 saturated heterocycles. The second-order valence-corrected chi connectivity index (χ2v) is 7.79. The Kier molecular flexibility index (Phi) is 6.50. The Balaban J connectivity index is 1.57. The summed E-state index contributed by atoms with van der Waals surface area (Å²) in [6.45, 7) is 12.0. The summed E-state index contributed by atoms with van der Waals surface area (Å²) in [5, 5.41) is 7.05. The van der Waals surface area contributed by atoms with Gasteiger partial charge < -0.3 is 20.3 Å². The fourth-order valence-electron chi connectivity index (χ4n) is 3.27. The van der Waals surface area contributed by atoms with Crippen molar-refractivity contribution in [1.82, 2.24) is 15.5 Å². The van der Waals surface area contributed by atoms with Crippen LogP contribution in [0.1, 0.15) is 46.5 Å². The normalized spacial score (nSPS) is 26.2. The van der Waals surface area contributed by atoms with E-state index in [1.54, 1.807) is 0 Å². The van der Waals surface area contributed by atoms with Crippen LogP contribution in [0, 0.1) is 11.8 Å². The van der Waals surface area contributed by atoms with Gasteiger partial charge in [-0.15, -0.1) is 0 Å². The summed E-state index contributed by atoms with van der Waals surface area (Å²) in [5.41, 5.74) is -0.398. The maximum atomic E-state index is 12.0. The summed E-state index contributed by atoms with van der Waals surface area (Å²) in [4.78, 5) is 13.9. The fraction of sp³-hybridized carbons (Fsp3) is 0.941. The Hall–Kier alpha value is -0.810. The minimum atomic E-state index is -0.398. The molecule has 2 rings (SSSR count). The number of ether oxygens (including phenoxy) is 1. The minimum Gasteiger partial charge on any atom is -0.444 e. The molecular weight excluding hydrogens is 278 g/mol. The maximum Gasteiger partial charge on any atom is 0.410 e. The molecule has 5 heteroatoms. The highest BCUT2D eigenvalue weighted by Crippen LogP contribution is 2.21. The maximum absolute atomic E-state index is 12.0. The van der Waals surface area contributed by atoms with Crippen molar-refractivity contribution in [2.24, 2.45) is 11.8 Å². The standard InChI is InChI=1S/C17H33N3O2/c1-17(2,3)22-16(21)20-10-7-14(13-20)6-9-19-12-15-5-4-8-18-11-15/h14-15,18-19H,4-13H2,1-3H3. The van der Waals surface area contributed by atoms with E-state index in [0.29, 0.717) is 5.92 Å². The van der Waals surface area contributed by atoms with Gasteiger partial charge in [-0.05, 0) is 84.5 Å². The van der Waals surface area contributed by atoms with Gasteiger partial charge in [-0.3, -0.25) is 0 Å². The highest BCUT2D eigenvalue weighted by Gasteiger charge is 2.29. The minimum absolute atomic E-state index is 0.156. The van der Waals surface area contributed by atoms with Gasteiger partial charge in [0.1, 0.15) is 5.60 Å². The van der Waals surface area contributed by atoms with Crippen LogP contribution in [0.5, 0.6) is 0 Å². The SMILES string of the molecule is CC(C)(C)OC(=O)N1CCC(CCNCC2CCCNC2)C1. The van der Waals surface area contributed by atoms with Crippen LogP contribution < -0.4 is 10.6 Å². The van der Waals surface area contributed by atoms with Crippen molar-refractivity contribution in [2.45, 2.75) is 52.1 Å². The molecule has 2 aliphatic heterocycles. The molecule has 2 unspecified atom stereocenters. The smallest absolute Gasteiger partial charge is 0.410 e. The van der Waals surface area contributed by atoms with Crippen molar-refractivity contribution < 1.29 is 9.53 Å². The lowest BCUT2D eigenvalue weighted by Gasteiger charge is -2.24. The van der Waals surface area contributed by atoms with Crippen molar-refractivity contribution in [3.05, 3.63) is 0 Å². The predicted octanol–water partition coefficient (Wildman–Crippen LogP) is 2.22. The van der Waals surface area contributed by atoms with Gasteiger partial charge in [0, 0.05) is 13.1 Å². The van der Waals surface area contributed by atoms with Crippen LogP contribution in [-0.4, -0.2) is 55.9 Å². The van der Waals surface area contributed by atoms with Crippen LogP contribution in [-0.2, 0) is 4.74 Å². The molecule has 0 saturated carbocycles. The Bertz CT molecular complexity index is 348. The van der Waals surface area contributed by atoms with Gasteiger partial charge in [-0.25, -0.2) is 4.79 Å². The summed E-state index contributed by atoms with van der Waals surface area (Å²) in [5.74, 6) is 1.40. The number of piperidine rings is 1. The lowest BCUT2D eigenvalue weighted by molar-refractivity contribution is 0.0287. The number of amides is 1. The number of likely N-dealkylation sites (tertiary alicyclic amines) is 1. The fourth-order valence-corrected chi connectivity index (χ4v) is 3.27. The van der Waals surface area contributed by atoms with Crippen molar-refractivity contribution in [1.29, 1.82) is 0 Å². The average Bonchev–Trinajstić information content (AvgIpc) is 2.92. The summed E-state index contributed by atoms with van der Waals surface area (Å²) >= 11 is 0. The molecule has 0 bridgehead atoms. The number of hydrogen-bond acceptors (Lipinski definition) is 4. The van der Waals surface area contributed by atoms with E-state index in [1.807, 2.05) is 25.7 Å². The van der Waals surface area contributed by atoms with E-state index in [1.165, 1.54) is 19.4 Å². The molecule has 2 aliphatic rings. The molecule has 2 N–H and O–H groups in total. The molecule has 128 valence electrons. The Morgan fingerprint density at radius 2 is 2.14 bits per heavy atom. The molecular formula is C17H33N3O2. The van der Waals surface area contributed by atoms with Gasteiger partial charge in [0.15, 0.2) is 0 Å². The quantitative estimate of drug-likeness (QED) is 0.765. The number of rotatable bonds is 5. The first-order valence-corrected chi connectivity index (χ1v) is 8.83. The first-order chi connectivity index (χ1) is 10.4. The number of nitrogens with zero attached hydrogens (tertiary/aromatic N) is 1. The van der Waals surface area contributed by atoms with Crippen LogP contribution in [0.4, 0.5) is 4.79 Å². The van der Waals surface area contributed by atoms with Crippen molar-refractivity contribution in [3.63, 3.8) is 0 Å². The van der Waals surface area contributed by atoms with Crippen LogP contribution in [0.2, 0.25) is 0 Å². The van der Waals surface area contributed by atoms with Crippen molar-refractivity contribution in [3.8, 4) is 0 Å². The second-order valence-electron chi connectivity index (χ2n) is 7.79. The van der Waals surface area contributed by atoms with Crippen molar-refractivity contribution in [2.75, 3.05) is 39.3 Å². The van der Waals surface area contributed by atoms with E-state index in [4.69, 9.17) is 4.74 Å². The van der Waals surface area contributed by atoms with E-state index in [2.05, 4.69) is 10.6 Å². The number of nitrogens with one attached hydrogen (secondary N) is 2. The van der Waals surface area contributed by atoms with Gasteiger partial charge in [0.25, 0.3) is 0 Å². The molecule has 0 radical (unpaired) electrons. The molecule has 1 amide bonds. The number of hydrogen-bond donors (Lipinski definition) is 2. The second kappa shape index (κ2) is 8.16. The molecule has 0 aromatic rings. The Morgan fingerprint density at radius 1 is 1.32 bits per heavy atom. The van der Waals surface area contributed by atoms with Gasteiger partial charge in [0.2, 0.25) is 0 Å². The number of carbonyl (C=O) groups is 1. The predicted molar refractivity (Wildman–Crippen MR) is 89.0 cm³/mol. The van der Waals surface area contributed by atoms with Gasteiger partial charge in [0.05, 0.1) is 0 Å². The third-order valence-corrected chi connectivity index (χ3v) is 4.50. The Morgan fingerprint density at radius 3 is 2.82 bits per heavy atom. The lowest BCUT2D eigenvalue weighted by atomic mass is 9.99. The summed E-state index contributed by atoms with van der Waals surface area (Å²) in [7, 11) is 0. The molecule has 2 heterocycles. The Labute approximate surface area is 135 Å². The van der Waals surface area contributed by atoms with E-state index in [9.17, 15) is 4.79 Å². The van der Waals surface area contributed by atoms with E-state index < -0.39 is 5.60 Å². The van der Waals surface area contributed by atoms with Crippen LogP contribution in [0.3, 0.4) is 0 Å². The third-order valence-electron chi connectivity index (χ3n) is 4.50. The monoisotopic (exact) mass is 311 g/mol. The zero-order valence-electron chi connectivity index (χ0n) is 14.5. The highest BCUT2D eigenvalue weighted by atomic mass is 16.6. The van der Waals surface area contributed by atoms with Crippen LogP contribution in [0.15, 0.2) is 0 Å². The zero-order chi connectivity index (χ0) is 16.0. The molecule has 0 aromatic carbocycles. The molecule has 22 heavy (non-hydrogen) atoms. The lowest BCUT2D eigenvalue weighted by Crippen LogP contribution is -2.37. The summed E-state index contributed by atoms with van der Waals surface area (Å²) < 4.78 is 5.44. The van der Waals surface area contributed by atoms with Crippen molar-refractivity contribution >= 4 is 6.09 Å². The largest absolute Gasteiger partial charge is 0.444 e. The molecule has 0 spiro atoms. The zero-order valence-corrected chi connectivity index (χ0v) is 14.5. The third kappa shape index (κ3) is 6.13. The van der Waals surface area contributed by atoms with Gasteiger partial charge >= 0.3 is 6.09 Å². The topological polar surface area (TPSA) is 53.6 Å². The van der Waals surface area contributed by atoms with E-state index >= 15 is 0 Å². The van der Waals surface area contributed by atoms with E-state index in [-0.39, 0.29) is 6.09 Å². The molecule has 0 aromatic heterocycles. The van der Waals surface area contributed by atoms with E-state index in [0.717, 1.165) is 51.5 Å². The molecule has 2 atom stereocenters.